The second-order valence-corrected chi connectivity index (χ2v) is 8.76. The van der Waals surface area contributed by atoms with E-state index in [4.69, 9.17) is 27.9 Å². The van der Waals surface area contributed by atoms with Crippen LogP contribution in [0.25, 0.3) is 0 Å². The van der Waals surface area contributed by atoms with Gasteiger partial charge >= 0.3 is 0 Å². The summed E-state index contributed by atoms with van der Waals surface area (Å²) in [6, 6.07) is 5.52. The van der Waals surface area contributed by atoms with Gasteiger partial charge < -0.3 is 20.5 Å². The quantitative estimate of drug-likeness (QED) is 0.511. The van der Waals surface area contributed by atoms with Crippen molar-refractivity contribution in [2.45, 2.75) is 50.9 Å². The fourth-order valence-electron chi connectivity index (χ4n) is 4.97. The monoisotopic (exact) mass is 411 g/mol. The third-order valence-electron chi connectivity index (χ3n) is 6.36. The summed E-state index contributed by atoms with van der Waals surface area (Å²) in [6.45, 7) is 3.94. The van der Waals surface area contributed by atoms with Gasteiger partial charge in [0.05, 0.1) is 18.8 Å². The van der Waals surface area contributed by atoms with Gasteiger partial charge in [0.15, 0.2) is 5.96 Å². The number of guanidine groups is 1. The van der Waals surface area contributed by atoms with Crippen molar-refractivity contribution in [3.8, 4) is 0 Å². The van der Waals surface area contributed by atoms with Crippen molar-refractivity contribution in [2.24, 2.45) is 16.3 Å². The van der Waals surface area contributed by atoms with Gasteiger partial charge in [-0.15, -0.1) is 0 Å². The van der Waals surface area contributed by atoms with Gasteiger partial charge in [0.25, 0.3) is 0 Å². The standard InChI is InChI=1S/C20H27Cl2N3O2/c1-2-23-19(24-11-16(26)12-8-13(21)10-14(22)9-12)25-17-15-4-7-27-18(15)20(17)5-3-6-20/h8-10,15-18,26H,2-7,11H2,1H3,(H2,23,24,25). The highest BCUT2D eigenvalue weighted by Crippen LogP contribution is 2.62. The molecule has 3 N–H and O–H groups in total. The Kier molecular flexibility index (Phi) is 5.57. The van der Waals surface area contributed by atoms with Crippen molar-refractivity contribution < 1.29 is 9.84 Å². The Balaban J connectivity index is 1.44. The Bertz CT molecular complexity index is 703. The predicted octanol–water partition coefficient (Wildman–Crippen LogP) is 3.54. The first-order chi connectivity index (χ1) is 13.0. The van der Waals surface area contributed by atoms with E-state index in [0.29, 0.717) is 33.7 Å². The average molecular weight is 412 g/mol. The van der Waals surface area contributed by atoms with Crippen LogP contribution in [0.4, 0.5) is 0 Å². The molecule has 1 aromatic carbocycles. The summed E-state index contributed by atoms with van der Waals surface area (Å²) in [4.78, 5) is 4.63. The van der Waals surface area contributed by atoms with Gasteiger partial charge in [-0.1, -0.05) is 29.6 Å². The fourth-order valence-corrected chi connectivity index (χ4v) is 5.52. The Morgan fingerprint density at radius 3 is 2.70 bits per heavy atom. The van der Waals surface area contributed by atoms with E-state index in [1.807, 2.05) is 6.92 Å². The number of nitrogens with zero attached hydrogens (tertiary/aromatic N) is 1. The van der Waals surface area contributed by atoms with Crippen LogP contribution in [0.5, 0.6) is 0 Å². The zero-order valence-corrected chi connectivity index (χ0v) is 17.1. The maximum atomic E-state index is 10.5. The molecule has 2 aliphatic carbocycles. The van der Waals surface area contributed by atoms with Crippen molar-refractivity contribution in [2.75, 3.05) is 19.7 Å². The average Bonchev–Trinajstić information content (AvgIpc) is 2.99. The van der Waals surface area contributed by atoms with Gasteiger partial charge in [-0.25, -0.2) is 0 Å². The van der Waals surface area contributed by atoms with E-state index in [9.17, 15) is 5.11 Å². The summed E-state index contributed by atoms with van der Waals surface area (Å²) >= 11 is 12.1. The van der Waals surface area contributed by atoms with Crippen molar-refractivity contribution in [1.82, 2.24) is 10.6 Å². The van der Waals surface area contributed by atoms with E-state index >= 15 is 0 Å². The Morgan fingerprint density at radius 2 is 2.07 bits per heavy atom. The molecule has 0 bridgehead atoms. The van der Waals surface area contributed by atoms with Crippen LogP contribution in [0.2, 0.25) is 10.0 Å². The molecular weight excluding hydrogens is 385 g/mol. The zero-order chi connectivity index (χ0) is 19.0. The lowest BCUT2D eigenvalue weighted by molar-refractivity contribution is -0.171. The molecule has 5 nitrogen and oxygen atoms in total. The molecule has 4 rings (SSSR count). The number of ether oxygens (including phenoxy) is 1. The Hall–Kier alpha value is -1.01. The second-order valence-electron chi connectivity index (χ2n) is 7.89. The van der Waals surface area contributed by atoms with Crippen LogP contribution < -0.4 is 10.6 Å². The van der Waals surface area contributed by atoms with E-state index in [1.165, 1.54) is 19.3 Å². The number of aliphatic imine (C=N–C) groups is 1. The lowest BCUT2D eigenvalue weighted by Crippen LogP contribution is -2.72. The van der Waals surface area contributed by atoms with Gasteiger partial charge in [-0.2, -0.15) is 0 Å². The molecule has 1 spiro atoms. The maximum Gasteiger partial charge on any atom is 0.191 e. The Morgan fingerprint density at radius 1 is 1.33 bits per heavy atom. The lowest BCUT2D eigenvalue weighted by Gasteiger charge is -2.63. The first-order valence-electron chi connectivity index (χ1n) is 9.84. The van der Waals surface area contributed by atoms with Crippen LogP contribution in [0.3, 0.4) is 0 Å². The number of fused-ring (bicyclic) bond motifs is 2. The summed E-state index contributed by atoms with van der Waals surface area (Å²) in [5.74, 6) is 1.33. The number of benzene rings is 1. The molecule has 2 saturated carbocycles. The number of aliphatic hydroxyl groups is 1. The molecule has 27 heavy (non-hydrogen) atoms. The highest BCUT2D eigenvalue weighted by Gasteiger charge is 2.66. The fraction of sp³-hybridized carbons (Fsp3) is 0.650. The van der Waals surface area contributed by atoms with E-state index < -0.39 is 6.10 Å². The topological polar surface area (TPSA) is 65.9 Å². The second kappa shape index (κ2) is 7.78. The molecule has 0 radical (unpaired) electrons. The first kappa shape index (κ1) is 19.3. The zero-order valence-electron chi connectivity index (χ0n) is 15.5. The molecule has 1 aromatic rings. The highest BCUT2D eigenvalue weighted by atomic mass is 35.5. The molecule has 0 aromatic heterocycles. The van der Waals surface area contributed by atoms with Gasteiger partial charge in [-0.3, -0.25) is 4.99 Å². The highest BCUT2D eigenvalue weighted by molar-refractivity contribution is 6.34. The Labute approximate surface area is 170 Å². The van der Waals surface area contributed by atoms with Gasteiger partial charge in [0.1, 0.15) is 0 Å². The van der Waals surface area contributed by atoms with E-state index in [1.54, 1.807) is 18.2 Å². The molecule has 3 aliphatic rings. The molecule has 0 amide bonds. The van der Waals surface area contributed by atoms with Crippen LogP contribution in [-0.4, -0.2) is 42.9 Å². The largest absolute Gasteiger partial charge is 0.386 e. The van der Waals surface area contributed by atoms with Crippen molar-refractivity contribution in [3.63, 3.8) is 0 Å². The van der Waals surface area contributed by atoms with Gasteiger partial charge in [0.2, 0.25) is 0 Å². The van der Waals surface area contributed by atoms with Crippen molar-refractivity contribution >= 4 is 29.2 Å². The normalized spacial score (nSPS) is 29.6. The number of hydrogen-bond acceptors (Lipinski definition) is 3. The van der Waals surface area contributed by atoms with E-state index in [0.717, 1.165) is 25.5 Å². The summed E-state index contributed by atoms with van der Waals surface area (Å²) in [5, 5.41) is 18.5. The van der Waals surface area contributed by atoms with Crippen molar-refractivity contribution in [3.05, 3.63) is 33.8 Å². The van der Waals surface area contributed by atoms with Crippen LogP contribution in [0.15, 0.2) is 23.2 Å². The number of nitrogens with one attached hydrogen (secondary N) is 2. The van der Waals surface area contributed by atoms with Crippen LogP contribution in [-0.2, 0) is 4.74 Å². The van der Waals surface area contributed by atoms with Crippen LogP contribution in [0, 0.1) is 11.3 Å². The molecule has 148 valence electrons. The summed E-state index contributed by atoms with van der Waals surface area (Å²) in [6.07, 6.45) is 4.54. The first-order valence-corrected chi connectivity index (χ1v) is 10.6. The van der Waals surface area contributed by atoms with Crippen molar-refractivity contribution in [1.29, 1.82) is 0 Å². The molecular formula is C20H27Cl2N3O2. The smallest absolute Gasteiger partial charge is 0.191 e. The minimum Gasteiger partial charge on any atom is -0.386 e. The SMILES string of the molecule is CCNC(=NCC(O)c1cc(Cl)cc(Cl)c1)NC1C2CCOC2C12CCC2. The summed E-state index contributed by atoms with van der Waals surface area (Å²) < 4.78 is 5.99. The maximum absolute atomic E-state index is 10.5. The van der Waals surface area contributed by atoms with Crippen LogP contribution >= 0.6 is 23.2 Å². The third kappa shape index (κ3) is 3.55. The molecule has 1 aliphatic heterocycles. The van der Waals surface area contributed by atoms with Gasteiger partial charge in [0, 0.05) is 40.6 Å². The molecule has 3 fully saturated rings. The lowest BCUT2D eigenvalue weighted by atomic mass is 9.46. The van der Waals surface area contributed by atoms with Crippen LogP contribution in [0.1, 0.15) is 44.3 Å². The van der Waals surface area contributed by atoms with Gasteiger partial charge in [-0.05, 0) is 49.9 Å². The number of rotatable bonds is 5. The molecule has 4 unspecified atom stereocenters. The van der Waals surface area contributed by atoms with E-state index in [-0.39, 0.29) is 12.0 Å². The molecule has 7 heteroatoms. The summed E-state index contributed by atoms with van der Waals surface area (Å²) in [5.41, 5.74) is 0.965. The number of hydrogen-bond donors (Lipinski definition) is 3. The molecule has 1 saturated heterocycles. The third-order valence-corrected chi connectivity index (χ3v) is 6.80. The van der Waals surface area contributed by atoms with E-state index in [2.05, 4.69) is 15.6 Å². The molecule has 1 heterocycles. The number of aliphatic hydroxyl groups excluding tert-OH is 1. The predicted molar refractivity (Wildman–Crippen MR) is 108 cm³/mol. The minimum atomic E-state index is -0.752. The molecule has 4 atom stereocenters. The summed E-state index contributed by atoms with van der Waals surface area (Å²) in [7, 11) is 0. The number of halogens is 2. The minimum absolute atomic E-state index is 0.246.